The standard InChI is InChI=1S/C24H33N5O2S/c1-17-6-5-11-25-22(17)16-29-14-18-12-20(13-19(18)15-29)26-23-9-10-24(28-27-23)32(30,31)21-7-3-2-4-8-21/h5-6,9-11,18-21H,2-4,7-8,12-16H2,1H3,(H,26,27)/t18-,19+,20?. The minimum atomic E-state index is -3.37. The molecule has 3 atom stereocenters. The molecule has 2 aliphatic carbocycles. The summed E-state index contributed by atoms with van der Waals surface area (Å²) in [4.78, 5) is 7.08. The molecule has 2 aromatic rings. The van der Waals surface area contributed by atoms with E-state index in [1.54, 1.807) is 12.1 Å². The number of anilines is 1. The first-order valence-corrected chi connectivity index (χ1v) is 13.5. The largest absolute Gasteiger partial charge is 0.366 e. The van der Waals surface area contributed by atoms with Crippen molar-refractivity contribution in [3.05, 3.63) is 41.7 Å². The molecule has 3 fully saturated rings. The Morgan fingerprint density at radius 1 is 1.03 bits per heavy atom. The fraction of sp³-hybridized carbons (Fsp3) is 0.625. The first-order valence-electron chi connectivity index (χ1n) is 12.0. The van der Waals surface area contributed by atoms with Gasteiger partial charge in [0.15, 0.2) is 14.9 Å². The number of nitrogens with zero attached hydrogens (tertiary/aromatic N) is 4. The molecule has 0 aromatic carbocycles. The third-order valence-corrected chi connectivity index (χ3v) is 9.74. The highest BCUT2D eigenvalue weighted by atomic mass is 32.2. The van der Waals surface area contributed by atoms with Gasteiger partial charge in [0.25, 0.3) is 0 Å². The maximum Gasteiger partial charge on any atom is 0.200 e. The van der Waals surface area contributed by atoms with Crippen molar-refractivity contribution in [1.29, 1.82) is 0 Å². The lowest BCUT2D eigenvalue weighted by Gasteiger charge is -2.21. The smallest absolute Gasteiger partial charge is 0.200 e. The van der Waals surface area contributed by atoms with E-state index in [-0.39, 0.29) is 10.3 Å². The number of nitrogens with one attached hydrogen (secondary N) is 1. The van der Waals surface area contributed by atoms with E-state index >= 15 is 0 Å². The van der Waals surface area contributed by atoms with Crippen molar-refractivity contribution in [2.45, 2.75) is 74.7 Å². The highest BCUT2D eigenvalue weighted by Crippen LogP contribution is 2.39. The summed E-state index contributed by atoms with van der Waals surface area (Å²) in [6.07, 6.45) is 8.70. The van der Waals surface area contributed by atoms with Crippen molar-refractivity contribution in [3.8, 4) is 0 Å². The van der Waals surface area contributed by atoms with Crippen LogP contribution in [0, 0.1) is 18.8 Å². The highest BCUT2D eigenvalue weighted by molar-refractivity contribution is 7.92. The van der Waals surface area contributed by atoms with Gasteiger partial charge >= 0.3 is 0 Å². The van der Waals surface area contributed by atoms with Crippen LogP contribution in [0.2, 0.25) is 0 Å². The van der Waals surface area contributed by atoms with Crippen LogP contribution in [0.25, 0.3) is 0 Å². The van der Waals surface area contributed by atoms with Crippen LogP contribution in [-0.2, 0) is 16.4 Å². The Bertz CT molecular complexity index is 1020. The molecule has 1 aliphatic heterocycles. The van der Waals surface area contributed by atoms with Crippen molar-refractivity contribution < 1.29 is 8.42 Å². The fourth-order valence-corrected chi connectivity index (χ4v) is 7.55. The van der Waals surface area contributed by atoms with Crippen molar-refractivity contribution in [1.82, 2.24) is 20.1 Å². The lowest BCUT2D eigenvalue weighted by Crippen LogP contribution is -2.26. The fourth-order valence-electron chi connectivity index (χ4n) is 5.84. The van der Waals surface area contributed by atoms with Gasteiger partial charge in [-0.25, -0.2) is 8.42 Å². The molecular weight excluding hydrogens is 422 g/mol. The van der Waals surface area contributed by atoms with Crippen LogP contribution < -0.4 is 5.32 Å². The molecule has 1 N–H and O–H groups in total. The third kappa shape index (κ3) is 4.53. The summed E-state index contributed by atoms with van der Waals surface area (Å²) in [5, 5.41) is 11.6. The van der Waals surface area contributed by atoms with Crippen molar-refractivity contribution in [3.63, 3.8) is 0 Å². The Morgan fingerprint density at radius 2 is 1.78 bits per heavy atom. The van der Waals surface area contributed by atoms with E-state index in [0.29, 0.717) is 23.7 Å². The first-order chi connectivity index (χ1) is 15.5. The Kier molecular flexibility index (Phi) is 6.16. The quantitative estimate of drug-likeness (QED) is 0.712. The zero-order chi connectivity index (χ0) is 22.1. The maximum absolute atomic E-state index is 12.8. The summed E-state index contributed by atoms with van der Waals surface area (Å²) in [5.41, 5.74) is 2.44. The van der Waals surface area contributed by atoms with E-state index in [1.807, 2.05) is 12.3 Å². The zero-order valence-electron chi connectivity index (χ0n) is 18.8. The number of sulfone groups is 1. The molecule has 2 aromatic heterocycles. The van der Waals surface area contributed by atoms with E-state index in [2.05, 4.69) is 38.4 Å². The van der Waals surface area contributed by atoms with Crippen LogP contribution in [0.1, 0.15) is 56.2 Å². The van der Waals surface area contributed by atoms with E-state index < -0.39 is 9.84 Å². The number of aryl methyl sites for hydroxylation is 1. The second kappa shape index (κ2) is 9.06. The number of rotatable bonds is 6. The summed E-state index contributed by atoms with van der Waals surface area (Å²) in [6.45, 7) is 5.29. The topological polar surface area (TPSA) is 88.1 Å². The number of likely N-dealkylation sites (tertiary alicyclic amines) is 1. The van der Waals surface area contributed by atoms with Crippen LogP contribution in [0.5, 0.6) is 0 Å². The van der Waals surface area contributed by atoms with Crippen molar-refractivity contribution >= 4 is 15.7 Å². The van der Waals surface area contributed by atoms with Gasteiger partial charge in [-0.05, 0) is 68.2 Å². The second-order valence-corrected chi connectivity index (χ2v) is 12.0. The number of pyridine rings is 1. The number of aromatic nitrogens is 3. The molecule has 0 radical (unpaired) electrons. The summed E-state index contributed by atoms with van der Waals surface area (Å²) in [5.74, 6) is 2.06. The summed E-state index contributed by atoms with van der Waals surface area (Å²) in [6, 6.07) is 7.92. The van der Waals surface area contributed by atoms with Gasteiger partial charge in [0.2, 0.25) is 0 Å². The molecule has 0 bridgehead atoms. The normalized spacial score (nSPS) is 26.8. The minimum Gasteiger partial charge on any atom is -0.366 e. The van der Waals surface area contributed by atoms with Gasteiger partial charge < -0.3 is 5.32 Å². The Labute approximate surface area is 191 Å². The predicted molar refractivity (Wildman–Crippen MR) is 124 cm³/mol. The molecule has 172 valence electrons. The second-order valence-electron chi connectivity index (χ2n) is 9.86. The monoisotopic (exact) mass is 455 g/mol. The SMILES string of the molecule is Cc1cccnc1CN1C[C@H]2CC(Nc3ccc(S(=O)(=O)C4CCCCC4)nn3)C[C@H]2C1. The van der Waals surface area contributed by atoms with Gasteiger partial charge in [0.1, 0.15) is 5.82 Å². The van der Waals surface area contributed by atoms with Crippen LogP contribution >= 0.6 is 0 Å². The molecule has 3 aliphatic rings. The highest BCUT2D eigenvalue weighted by Gasteiger charge is 2.41. The zero-order valence-corrected chi connectivity index (χ0v) is 19.6. The van der Waals surface area contributed by atoms with Crippen LogP contribution in [-0.4, -0.2) is 52.9 Å². The maximum atomic E-state index is 12.8. The van der Waals surface area contributed by atoms with Gasteiger partial charge in [-0.2, -0.15) is 0 Å². The van der Waals surface area contributed by atoms with Crippen LogP contribution in [0.4, 0.5) is 5.82 Å². The first kappa shape index (κ1) is 21.8. The average molecular weight is 456 g/mol. The summed E-state index contributed by atoms with van der Waals surface area (Å²) >= 11 is 0. The third-order valence-electron chi connectivity index (χ3n) is 7.59. The Hall–Kier alpha value is -2.06. The molecule has 7 nitrogen and oxygen atoms in total. The number of fused-ring (bicyclic) bond motifs is 1. The van der Waals surface area contributed by atoms with E-state index in [4.69, 9.17) is 0 Å². The van der Waals surface area contributed by atoms with E-state index in [9.17, 15) is 8.42 Å². The van der Waals surface area contributed by atoms with E-state index in [1.165, 1.54) is 11.3 Å². The molecule has 0 amide bonds. The molecule has 1 unspecified atom stereocenters. The molecule has 2 saturated carbocycles. The molecule has 32 heavy (non-hydrogen) atoms. The van der Waals surface area contributed by atoms with Crippen molar-refractivity contribution in [2.24, 2.45) is 11.8 Å². The Morgan fingerprint density at radius 3 is 2.44 bits per heavy atom. The van der Waals surface area contributed by atoms with Gasteiger partial charge in [-0.3, -0.25) is 9.88 Å². The van der Waals surface area contributed by atoms with Gasteiger partial charge in [0.05, 0.1) is 10.9 Å². The van der Waals surface area contributed by atoms with Crippen LogP contribution in [0.3, 0.4) is 0 Å². The van der Waals surface area contributed by atoms with Crippen LogP contribution in [0.15, 0.2) is 35.5 Å². The average Bonchev–Trinajstić information content (AvgIpc) is 3.34. The molecule has 1 saturated heterocycles. The Balaban J connectivity index is 1.15. The molecule has 3 heterocycles. The van der Waals surface area contributed by atoms with Gasteiger partial charge in [0, 0.05) is 31.9 Å². The molecule has 5 rings (SSSR count). The lowest BCUT2D eigenvalue weighted by atomic mass is 10.0. The number of hydrogen-bond donors (Lipinski definition) is 1. The van der Waals surface area contributed by atoms with Crippen molar-refractivity contribution in [2.75, 3.05) is 18.4 Å². The predicted octanol–water partition coefficient (Wildman–Crippen LogP) is 3.61. The number of hydrogen-bond acceptors (Lipinski definition) is 7. The molecule has 8 heteroatoms. The lowest BCUT2D eigenvalue weighted by molar-refractivity contribution is 0.297. The minimum absolute atomic E-state index is 0.124. The summed E-state index contributed by atoms with van der Waals surface area (Å²) in [7, 11) is -3.37. The molecular formula is C24H33N5O2S. The van der Waals surface area contributed by atoms with Gasteiger partial charge in [-0.1, -0.05) is 25.3 Å². The summed E-state index contributed by atoms with van der Waals surface area (Å²) < 4.78 is 25.7. The van der Waals surface area contributed by atoms with Gasteiger partial charge in [-0.15, -0.1) is 10.2 Å². The molecule has 0 spiro atoms. The van der Waals surface area contributed by atoms with E-state index in [0.717, 1.165) is 64.6 Å².